The van der Waals surface area contributed by atoms with Crippen LogP contribution in [0.25, 0.3) is 0 Å². The Morgan fingerprint density at radius 2 is 2.15 bits per heavy atom. The van der Waals surface area contributed by atoms with E-state index < -0.39 is 6.04 Å². The summed E-state index contributed by atoms with van der Waals surface area (Å²) in [5, 5.41) is 8.39. The van der Waals surface area contributed by atoms with E-state index in [4.69, 9.17) is 10.5 Å². The number of ether oxygens (including phenoxy) is 1. The largest absolute Gasteiger partial charge is 0.371 e. The van der Waals surface area contributed by atoms with E-state index in [0.717, 1.165) is 17.8 Å². The van der Waals surface area contributed by atoms with Crippen LogP contribution in [-0.2, 0) is 9.53 Å². The summed E-state index contributed by atoms with van der Waals surface area (Å²) in [7, 11) is 0. The quantitative estimate of drug-likeness (QED) is 0.669. The van der Waals surface area contributed by atoms with E-state index in [2.05, 4.69) is 15.6 Å². The summed E-state index contributed by atoms with van der Waals surface area (Å²) in [5.74, 6) is -0.143. The highest BCUT2D eigenvalue weighted by Crippen LogP contribution is 2.30. The summed E-state index contributed by atoms with van der Waals surface area (Å²) in [4.78, 5) is 28.8. The zero-order valence-electron chi connectivity index (χ0n) is 16.0. The second-order valence-corrected chi connectivity index (χ2v) is 8.09. The van der Waals surface area contributed by atoms with Crippen molar-refractivity contribution < 1.29 is 14.3 Å². The topological polar surface area (TPSA) is 106 Å². The van der Waals surface area contributed by atoms with Gasteiger partial charge in [-0.3, -0.25) is 9.59 Å². The molecule has 26 heavy (non-hydrogen) atoms. The third kappa shape index (κ3) is 5.49. The van der Waals surface area contributed by atoms with Gasteiger partial charge in [0.2, 0.25) is 5.91 Å². The Morgan fingerprint density at radius 1 is 1.42 bits per heavy atom. The van der Waals surface area contributed by atoms with E-state index in [1.54, 1.807) is 5.38 Å². The molecule has 1 saturated heterocycles. The molecule has 0 saturated carbocycles. The number of amides is 2. The summed E-state index contributed by atoms with van der Waals surface area (Å²) >= 11 is 1.41. The average molecular weight is 383 g/mol. The molecule has 1 aromatic heterocycles. The van der Waals surface area contributed by atoms with Gasteiger partial charge in [-0.15, -0.1) is 11.3 Å². The molecule has 4 N–H and O–H groups in total. The second-order valence-electron chi connectivity index (χ2n) is 7.20. The van der Waals surface area contributed by atoms with E-state index in [0.29, 0.717) is 18.7 Å². The molecule has 146 valence electrons. The van der Waals surface area contributed by atoms with Crippen LogP contribution in [-0.4, -0.2) is 41.5 Å². The lowest BCUT2D eigenvalue weighted by Gasteiger charge is -2.30. The molecule has 1 fully saturated rings. The molecular weight excluding hydrogens is 352 g/mol. The summed E-state index contributed by atoms with van der Waals surface area (Å²) in [5.41, 5.74) is 6.42. The minimum atomic E-state index is -0.493. The standard InChI is InChI=1S/C18H30N4O3S/c1-5-11(4)15(19)17(24)21-12-6-7-25-14(8-12)18-22-13(9-26-18)16(23)20-10(2)3/h9-12,14-15H,5-8,19H2,1-4H3,(H,20,23)(H,21,24)/t11-,12-,14+,15-/m0/s1. The van der Waals surface area contributed by atoms with Crippen molar-refractivity contribution >= 4 is 23.2 Å². The normalized spacial score (nSPS) is 22.7. The van der Waals surface area contributed by atoms with Gasteiger partial charge in [-0.05, 0) is 26.2 Å². The molecule has 2 amide bonds. The van der Waals surface area contributed by atoms with Crippen LogP contribution in [0.5, 0.6) is 0 Å². The molecular formula is C18H30N4O3S. The number of thiazole rings is 1. The fourth-order valence-corrected chi connectivity index (χ4v) is 3.64. The van der Waals surface area contributed by atoms with Crippen molar-refractivity contribution in [2.75, 3.05) is 6.61 Å². The number of nitrogens with one attached hydrogen (secondary N) is 2. The van der Waals surface area contributed by atoms with Gasteiger partial charge in [-0.25, -0.2) is 4.98 Å². The van der Waals surface area contributed by atoms with E-state index >= 15 is 0 Å². The minimum absolute atomic E-state index is 0.00759. The Labute approximate surface area is 159 Å². The molecule has 2 heterocycles. The van der Waals surface area contributed by atoms with Gasteiger partial charge in [-0.2, -0.15) is 0 Å². The number of carbonyl (C=O) groups excluding carboxylic acids is 2. The summed E-state index contributed by atoms with van der Waals surface area (Å²) < 4.78 is 5.81. The maximum absolute atomic E-state index is 12.3. The van der Waals surface area contributed by atoms with Crippen molar-refractivity contribution in [3.05, 3.63) is 16.1 Å². The third-order valence-corrected chi connectivity index (χ3v) is 5.58. The molecule has 2 rings (SSSR count). The van der Waals surface area contributed by atoms with E-state index in [1.807, 2.05) is 27.7 Å². The lowest BCUT2D eigenvalue weighted by molar-refractivity contribution is -0.125. The maximum Gasteiger partial charge on any atom is 0.270 e. The highest BCUT2D eigenvalue weighted by molar-refractivity contribution is 7.09. The molecule has 4 atom stereocenters. The maximum atomic E-state index is 12.3. The van der Waals surface area contributed by atoms with Crippen LogP contribution in [0, 0.1) is 5.92 Å². The lowest BCUT2D eigenvalue weighted by Crippen LogP contribution is -2.49. The highest BCUT2D eigenvalue weighted by atomic mass is 32.1. The number of hydrogen-bond acceptors (Lipinski definition) is 6. The SMILES string of the molecule is CC[C@H](C)[C@H](N)C(=O)N[C@H]1CCO[C@@H](c2nc(C(=O)NC(C)C)cs2)C1. The van der Waals surface area contributed by atoms with Crippen molar-refractivity contribution in [2.45, 2.75) is 71.2 Å². The van der Waals surface area contributed by atoms with Gasteiger partial charge in [-0.1, -0.05) is 20.3 Å². The fraction of sp³-hybridized carbons (Fsp3) is 0.722. The van der Waals surface area contributed by atoms with Crippen molar-refractivity contribution in [1.82, 2.24) is 15.6 Å². The minimum Gasteiger partial charge on any atom is -0.371 e. The Kier molecular flexibility index (Phi) is 7.55. The van der Waals surface area contributed by atoms with Crippen LogP contribution in [0.4, 0.5) is 0 Å². The van der Waals surface area contributed by atoms with Gasteiger partial charge in [0.25, 0.3) is 5.91 Å². The molecule has 0 spiro atoms. The van der Waals surface area contributed by atoms with Gasteiger partial charge in [0.1, 0.15) is 16.8 Å². The number of nitrogens with zero attached hydrogens (tertiary/aromatic N) is 1. The van der Waals surface area contributed by atoms with Crippen LogP contribution in [0.1, 0.15) is 68.6 Å². The fourth-order valence-electron chi connectivity index (χ4n) is 2.79. The van der Waals surface area contributed by atoms with Gasteiger partial charge in [0.15, 0.2) is 0 Å². The van der Waals surface area contributed by atoms with Crippen LogP contribution in [0.15, 0.2) is 5.38 Å². The number of aromatic nitrogens is 1. The first-order valence-electron chi connectivity index (χ1n) is 9.25. The molecule has 0 unspecified atom stereocenters. The van der Waals surface area contributed by atoms with E-state index in [1.165, 1.54) is 11.3 Å². The van der Waals surface area contributed by atoms with Crippen molar-refractivity contribution in [2.24, 2.45) is 11.7 Å². The van der Waals surface area contributed by atoms with E-state index in [9.17, 15) is 9.59 Å². The van der Waals surface area contributed by atoms with Gasteiger partial charge >= 0.3 is 0 Å². The number of rotatable bonds is 7. The van der Waals surface area contributed by atoms with Crippen LogP contribution < -0.4 is 16.4 Å². The Balaban J connectivity index is 1.95. The zero-order valence-corrected chi connectivity index (χ0v) is 16.8. The van der Waals surface area contributed by atoms with Crippen molar-refractivity contribution in [1.29, 1.82) is 0 Å². The molecule has 0 bridgehead atoms. The lowest BCUT2D eigenvalue weighted by atomic mass is 9.97. The highest BCUT2D eigenvalue weighted by Gasteiger charge is 2.29. The smallest absolute Gasteiger partial charge is 0.270 e. The van der Waals surface area contributed by atoms with Crippen molar-refractivity contribution in [3.63, 3.8) is 0 Å². The van der Waals surface area contributed by atoms with Crippen LogP contribution in [0.3, 0.4) is 0 Å². The predicted octanol–water partition coefficient (Wildman–Crippen LogP) is 1.99. The third-order valence-electron chi connectivity index (χ3n) is 4.64. The van der Waals surface area contributed by atoms with Gasteiger partial charge in [0, 0.05) is 30.5 Å². The Bertz CT molecular complexity index is 619. The molecule has 1 aliphatic heterocycles. The molecule has 7 nitrogen and oxygen atoms in total. The number of carbonyl (C=O) groups is 2. The molecule has 0 aromatic carbocycles. The summed E-state index contributed by atoms with van der Waals surface area (Å²) in [6, 6.07) is -0.423. The molecule has 1 aromatic rings. The molecule has 0 radical (unpaired) electrons. The molecule has 0 aliphatic carbocycles. The first kappa shape index (κ1) is 20.8. The van der Waals surface area contributed by atoms with E-state index in [-0.39, 0.29) is 35.9 Å². The van der Waals surface area contributed by atoms with Gasteiger partial charge < -0.3 is 21.1 Å². The Morgan fingerprint density at radius 3 is 2.81 bits per heavy atom. The summed E-state index contributed by atoms with van der Waals surface area (Å²) in [6.45, 7) is 8.37. The van der Waals surface area contributed by atoms with Crippen LogP contribution >= 0.6 is 11.3 Å². The number of hydrogen-bond donors (Lipinski definition) is 3. The van der Waals surface area contributed by atoms with Gasteiger partial charge in [0.05, 0.1) is 6.04 Å². The first-order valence-corrected chi connectivity index (χ1v) is 10.1. The monoisotopic (exact) mass is 382 g/mol. The zero-order chi connectivity index (χ0) is 19.3. The second kappa shape index (κ2) is 9.43. The molecule has 1 aliphatic rings. The predicted molar refractivity (Wildman–Crippen MR) is 102 cm³/mol. The molecule has 8 heteroatoms. The Hall–Kier alpha value is -1.51. The first-order chi connectivity index (χ1) is 12.3. The average Bonchev–Trinajstić information content (AvgIpc) is 3.10. The number of nitrogens with two attached hydrogens (primary N) is 1. The van der Waals surface area contributed by atoms with Crippen LogP contribution in [0.2, 0.25) is 0 Å². The van der Waals surface area contributed by atoms with Crippen molar-refractivity contribution in [3.8, 4) is 0 Å². The summed E-state index contributed by atoms with van der Waals surface area (Å²) in [6.07, 6.45) is 2.05.